The van der Waals surface area contributed by atoms with Crippen LogP contribution in [0, 0.1) is 0 Å². The van der Waals surface area contributed by atoms with Gasteiger partial charge in [0.2, 0.25) is 0 Å². The average Bonchev–Trinajstić information content (AvgIpc) is 2.65. The van der Waals surface area contributed by atoms with Gasteiger partial charge >= 0.3 is 5.97 Å². The summed E-state index contributed by atoms with van der Waals surface area (Å²) in [4.78, 5) is 23.6. The molecule has 0 unspecified atom stereocenters. The van der Waals surface area contributed by atoms with Crippen LogP contribution in [0.1, 0.15) is 17.3 Å². The fourth-order valence-corrected chi connectivity index (χ4v) is 2.01. The number of amides is 1. The highest BCUT2D eigenvalue weighted by atomic mass is 16.6. The first kappa shape index (κ1) is 18.3. The number of rotatable bonds is 9. The first-order valence-electron chi connectivity index (χ1n) is 8.03. The van der Waals surface area contributed by atoms with Gasteiger partial charge in [0.1, 0.15) is 31.3 Å². The van der Waals surface area contributed by atoms with Crippen molar-refractivity contribution in [3.63, 3.8) is 0 Å². The SMILES string of the molecule is CCOc1ccc(C(=O)NCC(=O)OCCOc2ccccc2)cc1. The van der Waals surface area contributed by atoms with Crippen LogP contribution < -0.4 is 14.8 Å². The van der Waals surface area contributed by atoms with Gasteiger partial charge in [0, 0.05) is 5.56 Å². The summed E-state index contributed by atoms with van der Waals surface area (Å²) in [5.41, 5.74) is 0.448. The predicted octanol–water partition coefficient (Wildman–Crippen LogP) is 2.44. The second-order valence-corrected chi connectivity index (χ2v) is 5.02. The van der Waals surface area contributed by atoms with Gasteiger partial charge in [0.15, 0.2) is 0 Å². The molecule has 0 bridgehead atoms. The minimum absolute atomic E-state index is 0.118. The van der Waals surface area contributed by atoms with Crippen LogP contribution in [0.3, 0.4) is 0 Å². The Morgan fingerprint density at radius 1 is 0.880 bits per heavy atom. The molecule has 0 saturated carbocycles. The van der Waals surface area contributed by atoms with E-state index in [1.807, 2.05) is 37.3 Å². The zero-order chi connectivity index (χ0) is 17.9. The molecule has 0 spiro atoms. The number of nitrogens with one attached hydrogen (secondary N) is 1. The molecular weight excluding hydrogens is 322 g/mol. The van der Waals surface area contributed by atoms with Crippen molar-refractivity contribution in [3.05, 3.63) is 60.2 Å². The number of para-hydroxylation sites is 1. The lowest BCUT2D eigenvalue weighted by Gasteiger charge is -2.08. The lowest BCUT2D eigenvalue weighted by Crippen LogP contribution is -2.31. The van der Waals surface area contributed by atoms with Crippen LogP contribution >= 0.6 is 0 Å². The maximum Gasteiger partial charge on any atom is 0.325 e. The van der Waals surface area contributed by atoms with Gasteiger partial charge in [-0.1, -0.05) is 18.2 Å². The molecular formula is C19H21NO5. The lowest BCUT2D eigenvalue weighted by molar-refractivity contribution is -0.143. The van der Waals surface area contributed by atoms with Crippen molar-refractivity contribution in [2.75, 3.05) is 26.4 Å². The number of esters is 1. The Hall–Kier alpha value is -3.02. The summed E-state index contributed by atoms with van der Waals surface area (Å²) in [6.07, 6.45) is 0. The van der Waals surface area contributed by atoms with Crippen molar-refractivity contribution in [3.8, 4) is 11.5 Å². The fraction of sp³-hybridized carbons (Fsp3) is 0.263. The third-order valence-electron chi connectivity index (χ3n) is 3.18. The van der Waals surface area contributed by atoms with Gasteiger partial charge in [-0.15, -0.1) is 0 Å². The molecule has 2 aromatic rings. The maximum atomic E-state index is 11.9. The van der Waals surface area contributed by atoms with E-state index in [2.05, 4.69) is 5.32 Å². The standard InChI is InChI=1S/C19H21NO5/c1-2-23-17-10-8-15(9-11-17)19(22)20-14-18(21)25-13-12-24-16-6-4-3-5-7-16/h3-11H,2,12-14H2,1H3,(H,20,22). The molecule has 0 atom stereocenters. The van der Waals surface area contributed by atoms with Crippen molar-refractivity contribution >= 4 is 11.9 Å². The molecule has 0 heterocycles. The summed E-state index contributed by atoms with van der Waals surface area (Å²) >= 11 is 0. The molecule has 0 aliphatic rings. The summed E-state index contributed by atoms with van der Waals surface area (Å²) < 4.78 is 15.7. The van der Waals surface area contributed by atoms with Gasteiger partial charge in [-0.05, 0) is 43.3 Å². The van der Waals surface area contributed by atoms with E-state index in [0.717, 1.165) is 0 Å². The summed E-state index contributed by atoms with van der Waals surface area (Å²) in [5, 5.41) is 2.51. The number of carbonyl (C=O) groups excluding carboxylic acids is 2. The van der Waals surface area contributed by atoms with Crippen LogP contribution in [-0.4, -0.2) is 38.2 Å². The van der Waals surface area contributed by atoms with E-state index < -0.39 is 5.97 Å². The molecule has 1 amide bonds. The average molecular weight is 343 g/mol. The quantitative estimate of drug-likeness (QED) is 0.559. The summed E-state index contributed by atoms with van der Waals surface area (Å²) in [5.74, 6) is 0.538. The highest BCUT2D eigenvalue weighted by molar-refractivity contribution is 5.96. The van der Waals surface area contributed by atoms with E-state index in [-0.39, 0.29) is 25.7 Å². The molecule has 2 aromatic carbocycles. The number of hydrogen-bond donors (Lipinski definition) is 1. The van der Waals surface area contributed by atoms with E-state index >= 15 is 0 Å². The molecule has 1 N–H and O–H groups in total. The predicted molar refractivity (Wildman–Crippen MR) is 92.8 cm³/mol. The number of hydrogen-bond acceptors (Lipinski definition) is 5. The Labute approximate surface area is 146 Å². The highest BCUT2D eigenvalue weighted by Gasteiger charge is 2.09. The normalized spacial score (nSPS) is 9.96. The lowest BCUT2D eigenvalue weighted by atomic mass is 10.2. The maximum absolute atomic E-state index is 11.9. The monoisotopic (exact) mass is 343 g/mol. The van der Waals surface area contributed by atoms with Crippen LogP contribution in [-0.2, 0) is 9.53 Å². The Morgan fingerprint density at radius 3 is 2.24 bits per heavy atom. The zero-order valence-corrected chi connectivity index (χ0v) is 14.1. The number of ether oxygens (including phenoxy) is 3. The van der Waals surface area contributed by atoms with Crippen LogP contribution in [0.5, 0.6) is 11.5 Å². The van der Waals surface area contributed by atoms with Gasteiger partial charge in [0.25, 0.3) is 5.91 Å². The molecule has 25 heavy (non-hydrogen) atoms. The van der Waals surface area contributed by atoms with E-state index in [9.17, 15) is 9.59 Å². The number of carbonyl (C=O) groups is 2. The van der Waals surface area contributed by atoms with Crippen LogP contribution in [0.2, 0.25) is 0 Å². The Bertz CT molecular complexity index is 670. The zero-order valence-electron chi connectivity index (χ0n) is 14.1. The van der Waals surface area contributed by atoms with Gasteiger partial charge in [-0.3, -0.25) is 9.59 Å². The van der Waals surface area contributed by atoms with Crippen LogP contribution in [0.4, 0.5) is 0 Å². The van der Waals surface area contributed by atoms with E-state index in [1.54, 1.807) is 24.3 Å². The van der Waals surface area contributed by atoms with E-state index in [1.165, 1.54) is 0 Å². The van der Waals surface area contributed by atoms with Crippen LogP contribution in [0.15, 0.2) is 54.6 Å². The molecule has 0 radical (unpaired) electrons. The molecule has 0 saturated heterocycles. The molecule has 6 heteroatoms. The smallest absolute Gasteiger partial charge is 0.325 e. The Morgan fingerprint density at radius 2 is 1.56 bits per heavy atom. The van der Waals surface area contributed by atoms with Gasteiger partial charge in [0.05, 0.1) is 6.61 Å². The first-order chi connectivity index (χ1) is 12.2. The van der Waals surface area contributed by atoms with E-state index in [0.29, 0.717) is 23.7 Å². The molecule has 0 aliphatic carbocycles. The summed E-state index contributed by atoms with van der Waals surface area (Å²) in [6, 6.07) is 15.9. The second kappa shape index (κ2) is 9.97. The van der Waals surface area contributed by atoms with Crippen molar-refractivity contribution in [1.29, 1.82) is 0 Å². The highest BCUT2D eigenvalue weighted by Crippen LogP contribution is 2.12. The third-order valence-corrected chi connectivity index (χ3v) is 3.18. The largest absolute Gasteiger partial charge is 0.494 e. The minimum atomic E-state index is -0.518. The first-order valence-corrected chi connectivity index (χ1v) is 8.03. The van der Waals surface area contributed by atoms with Crippen molar-refractivity contribution in [1.82, 2.24) is 5.32 Å². The summed E-state index contributed by atoms with van der Waals surface area (Å²) in [6.45, 7) is 2.62. The molecule has 0 aromatic heterocycles. The topological polar surface area (TPSA) is 73.9 Å². The van der Waals surface area contributed by atoms with Crippen molar-refractivity contribution in [2.45, 2.75) is 6.92 Å². The minimum Gasteiger partial charge on any atom is -0.494 e. The Balaban J connectivity index is 1.64. The summed E-state index contributed by atoms with van der Waals surface area (Å²) in [7, 11) is 0. The molecule has 2 rings (SSSR count). The Kier molecular flexibility index (Phi) is 7.31. The second-order valence-electron chi connectivity index (χ2n) is 5.02. The third kappa shape index (κ3) is 6.55. The van der Waals surface area contributed by atoms with E-state index in [4.69, 9.17) is 14.2 Å². The van der Waals surface area contributed by atoms with Gasteiger partial charge in [-0.2, -0.15) is 0 Å². The molecule has 0 fully saturated rings. The van der Waals surface area contributed by atoms with Crippen molar-refractivity contribution in [2.24, 2.45) is 0 Å². The van der Waals surface area contributed by atoms with Gasteiger partial charge < -0.3 is 19.5 Å². The molecule has 0 aliphatic heterocycles. The molecule has 132 valence electrons. The fourth-order valence-electron chi connectivity index (χ4n) is 2.01. The molecule has 6 nitrogen and oxygen atoms in total. The number of benzene rings is 2. The van der Waals surface area contributed by atoms with Gasteiger partial charge in [-0.25, -0.2) is 0 Å². The van der Waals surface area contributed by atoms with Crippen molar-refractivity contribution < 1.29 is 23.8 Å². The van der Waals surface area contributed by atoms with Crippen LogP contribution in [0.25, 0.3) is 0 Å².